The van der Waals surface area contributed by atoms with Gasteiger partial charge >= 0.3 is 8.56 Å². The van der Waals surface area contributed by atoms with Gasteiger partial charge in [-0.2, -0.15) is 0 Å². The van der Waals surface area contributed by atoms with Gasteiger partial charge in [0.15, 0.2) is 0 Å². The Morgan fingerprint density at radius 2 is 1.62 bits per heavy atom. The minimum absolute atomic E-state index is 0.794. The molecule has 0 bridgehead atoms. The van der Waals surface area contributed by atoms with Crippen LogP contribution in [0.15, 0.2) is 0 Å². The zero-order valence-corrected chi connectivity index (χ0v) is 16.0. The van der Waals surface area contributed by atoms with Crippen LogP contribution < -0.4 is 0 Å². The van der Waals surface area contributed by atoms with Crippen LogP contribution in [0.4, 0.5) is 0 Å². The van der Waals surface area contributed by atoms with Gasteiger partial charge in [-0.05, 0) is 23.9 Å². The minimum atomic E-state index is -1.99. The highest BCUT2D eigenvalue weighted by molar-refractivity contribution is 6.67. The predicted molar refractivity (Wildman–Crippen MR) is 93.9 cm³/mol. The molecule has 21 heavy (non-hydrogen) atoms. The van der Waals surface area contributed by atoms with Crippen LogP contribution in [0.5, 0.6) is 0 Å². The van der Waals surface area contributed by atoms with Crippen molar-refractivity contribution < 1.29 is 8.85 Å². The van der Waals surface area contributed by atoms with Gasteiger partial charge in [0.2, 0.25) is 0 Å². The van der Waals surface area contributed by atoms with E-state index in [9.17, 15) is 0 Å². The largest absolute Gasteiger partial charge is 0.398 e. The van der Waals surface area contributed by atoms with E-state index in [4.69, 9.17) is 8.85 Å². The molecule has 0 aliphatic heterocycles. The molecule has 1 fully saturated rings. The standard InChI is InChI=1S/C18H38O2Si/c1-5-7-12-17(6-2)15-21(19-3,20-4)16-18-13-10-8-9-11-14-18/h17-18H,5-16H2,1-4H3. The fourth-order valence-corrected chi connectivity index (χ4v) is 7.55. The average Bonchev–Trinajstić information content (AvgIpc) is 2.78. The van der Waals surface area contributed by atoms with Gasteiger partial charge in [-0.25, -0.2) is 0 Å². The molecule has 0 spiro atoms. The fourth-order valence-electron chi connectivity index (χ4n) is 3.89. The first-order valence-electron chi connectivity index (χ1n) is 9.30. The van der Waals surface area contributed by atoms with E-state index < -0.39 is 8.56 Å². The second kappa shape index (κ2) is 10.8. The normalized spacial score (nSPS) is 19.4. The minimum Gasteiger partial charge on any atom is -0.398 e. The van der Waals surface area contributed by atoms with E-state index >= 15 is 0 Å². The van der Waals surface area contributed by atoms with E-state index in [1.807, 2.05) is 14.2 Å². The molecular weight excluding hydrogens is 276 g/mol. The molecule has 0 heterocycles. The summed E-state index contributed by atoms with van der Waals surface area (Å²) in [5.41, 5.74) is 0. The first-order chi connectivity index (χ1) is 10.2. The van der Waals surface area contributed by atoms with E-state index in [0.717, 1.165) is 11.8 Å². The highest BCUT2D eigenvalue weighted by atomic mass is 28.4. The van der Waals surface area contributed by atoms with Crippen molar-refractivity contribution in [1.82, 2.24) is 0 Å². The van der Waals surface area contributed by atoms with Gasteiger partial charge in [-0.15, -0.1) is 0 Å². The quantitative estimate of drug-likeness (QED) is 0.369. The molecule has 0 radical (unpaired) electrons. The van der Waals surface area contributed by atoms with Crippen molar-refractivity contribution in [2.24, 2.45) is 11.8 Å². The Hall–Kier alpha value is 0.137. The van der Waals surface area contributed by atoms with Crippen LogP contribution in [0.1, 0.15) is 78.1 Å². The maximum atomic E-state index is 6.06. The average molecular weight is 315 g/mol. The van der Waals surface area contributed by atoms with Gasteiger partial charge in [-0.1, -0.05) is 78.1 Å². The SMILES string of the molecule is CCCCC(CC)C[Si](CC1CCCCCC1)(OC)OC. The maximum Gasteiger partial charge on any atom is 0.338 e. The van der Waals surface area contributed by atoms with E-state index in [0.29, 0.717) is 0 Å². The molecule has 1 aliphatic rings. The van der Waals surface area contributed by atoms with Crippen LogP contribution in [0.25, 0.3) is 0 Å². The molecule has 1 atom stereocenters. The Bertz CT molecular complexity index is 246. The first-order valence-corrected chi connectivity index (χ1v) is 11.5. The summed E-state index contributed by atoms with van der Waals surface area (Å²) < 4.78 is 12.1. The molecule has 0 aromatic heterocycles. The summed E-state index contributed by atoms with van der Waals surface area (Å²) in [5.74, 6) is 1.64. The monoisotopic (exact) mass is 314 g/mol. The molecule has 0 aromatic carbocycles. The number of hydrogen-bond donors (Lipinski definition) is 0. The van der Waals surface area contributed by atoms with Gasteiger partial charge in [-0.3, -0.25) is 0 Å². The Balaban J connectivity index is 2.61. The van der Waals surface area contributed by atoms with Crippen molar-refractivity contribution in [2.45, 2.75) is 90.1 Å². The summed E-state index contributed by atoms with van der Waals surface area (Å²) >= 11 is 0. The molecular formula is C18H38O2Si. The van der Waals surface area contributed by atoms with E-state index in [-0.39, 0.29) is 0 Å². The van der Waals surface area contributed by atoms with Crippen molar-refractivity contribution in [3.05, 3.63) is 0 Å². The van der Waals surface area contributed by atoms with E-state index in [2.05, 4.69) is 13.8 Å². The molecule has 0 saturated heterocycles. The third kappa shape index (κ3) is 6.83. The van der Waals surface area contributed by atoms with Gasteiger partial charge in [0.05, 0.1) is 0 Å². The smallest absolute Gasteiger partial charge is 0.338 e. The highest BCUT2D eigenvalue weighted by Gasteiger charge is 2.39. The van der Waals surface area contributed by atoms with Gasteiger partial charge < -0.3 is 8.85 Å². The Morgan fingerprint density at radius 1 is 1.00 bits per heavy atom. The first kappa shape index (κ1) is 19.2. The number of hydrogen-bond acceptors (Lipinski definition) is 2. The van der Waals surface area contributed by atoms with Crippen molar-refractivity contribution in [2.75, 3.05) is 14.2 Å². The third-order valence-electron chi connectivity index (χ3n) is 5.46. The van der Waals surface area contributed by atoms with E-state index in [1.54, 1.807) is 0 Å². The van der Waals surface area contributed by atoms with Crippen LogP contribution in [-0.4, -0.2) is 22.8 Å². The lowest BCUT2D eigenvalue weighted by Gasteiger charge is -2.33. The van der Waals surface area contributed by atoms with Crippen LogP contribution in [-0.2, 0) is 8.85 Å². The second-order valence-corrected chi connectivity index (χ2v) is 10.5. The summed E-state index contributed by atoms with van der Waals surface area (Å²) in [6, 6.07) is 2.43. The topological polar surface area (TPSA) is 18.5 Å². The van der Waals surface area contributed by atoms with Gasteiger partial charge in [0.25, 0.3) is 0 Å². The van der Waals surface area contributed by atoms with Crippen LogP contribution in [0.3, 0.4) is 0 Å². The van der Waals surface area contributed by atoms with Crippen molar-refractivity contribution in [3.8, 4) is 0 Å². The second-order valence-electron chi connectivity index (χ2n) is 7.00. The highest BCUT2D eigenvalue weighted by Crippen LogP contribution is 2.35. The van der Waals surface area contributed by atoms with Crippen molar-refractivity contribution >= 4 is 8.56 Å². The lowest BCUT2D eigenvalue weighted by Crippen LogP contribution is -2.43. The summed E-state index contributed by atoms with van der Waals surface area (Å²) in [6.45, 7) is 4.62. The zero-order chi connectivity index (χ0) is 15.6. The lowest BCUT2D eigenvalue weighted by atomic mass is 10.0. The molecule has 1 unspecified atom stereocenters. The van der Waals surface area contributed by atoms with Gasteiger partial charge in [0.1, 0.15) is 0 Å². The van der Waals surface area contributed by atoms with Crippen LogP contribution in [0, 0.1) is 11.8 Å². The molecule has 0 amide bonds. The van der Waals surface area contributed by atoms with Crippen LogP contribution in [0.2, 0.25) is 12.1 Å². The lowest BCUT2D eigenvalue weighted by molar-refractivity contribution is 0.221. The molecule has 0 aromatic rings. The van der Waals surface area contributed by atoms with Crippen molar-refractivity contribution in [3.63, 3.8) is 0 Å². The molecule has 1 saturated carbocycles. The van der Waals surface area contributed by atoms with Gasteiger partial charge in [0, 0.05) is 14.2 Å². The fraction of sp³-hybridized carbons (Fsp3) is 1.00. The molecule has 126 valence electrons. The molecule has 0 N–H and O–H groups in total. The summed E-state index contributed by atoms with van der Waals surface area (Å²) in [7, 11) is 1.82. The van der Waals surface area contributed by atoms with Crippen molar-refractivity contribution in [1.29, 1.82) is 0 Å². The zero-order valence-electron chi connectivity index (χ0n) is 15.0. The van der Waals surface area contributed by atoms with Crippen LogP contribution >= 0.6 is 0 Å². The third-order valence-corrected chi connectivity index (χ3v) is 9.35. The number of rotatable bonds is 10. The molecule has 3 heteroatoms. The summed E-state index contributed by atoms with van der Waals surface area (Å²) in [6.07, 6.45) is 13.7. The maximum absolute atomic E-state index is 6.06. The Kier molecular flexibility index (Phi) is 9.86. The molecule has 2 nitrogen and oxygen atoms in total. The molecule has 1 rings (SSSR count). The Morgan fingerprint density at radius 3 is 2.10 bits per heavy atom. The number of unbranched alkanes of at least 4 members (excludes halogenated alkanes) is 1. The predicted octanol–water partition coefficient (Wildman–Crippen LogP) is 5.91. The summed E-state index contributed by atoms with van der Waals surface area (Å²) in [5, 5.41) is 0. The van der Waals surface area contributed by atoms with E-state index in [1.165, 1.54) is 76.3 Å². The Labute approximate surface area is 134 Å². The summed E-state index contributed by atoms with van der Waals surface area (Å²) in [4.78, 5) is 0. The molecule has 1 aliphatic carbocycles.